The molecule has 0 aliphatic carbocycles. The number of thiazole rings is 1. The summed E-state index contributed by atoms with van der Waals surface area (Å²) in [6, 6.07) is 0. The lowest BCUT2D eigenvalue weighted by molar-refractivity contribution is -0.119. The van der Waals surface area contributed by atoms with Crippen molar-refractivity contribution < 1.29 is 9.53 Å². The van der Waals surface area contributed by atoms with E-state index in [1.165, 1.54) is 11.3 Å². The molecule has 6 heteroatoms. The second-order valence-electron chi connectivity index (χ2n) is 5.74. The van der Waals surface area contributed by atoms with Gasteiger partial charge in [-0.1, -0.05) is 20.8 Å². The van der Waals surface area contributed by atoms with Crippen molar-refractivity contribution in [3.05, 3.63) is 11.1 Å². The molecule has 1 saturated heterocycles. The summed E-state index contributed by atoms with van der Waals surface area (Å²) >= 11 is 1.47. The first-order chi connectivity index (χ1) is 8.95. The molecule has 1 aromatic rings. The van der Waals surface area contributed by atoms with Crippen molar-refractivity contribution in [3.63, 3.8) is 0 Å². The van der Waals surface area contributed by atoms with Gasteiger partial charge in [0, 0.05) is 23.9 Å². The number of hydrogen-bond acceptors (Lipinski definition) is 5. The van der Waals surface area contributed by atoms with E-state index in [2.05, 4.69) is 36.4 Å². The number of ether oxygens (including phenoxy) is 1. The third-order valence-corrected chi connectivity index (χ3v) is 3.69. The number of nitrogens with one attached hydrogen (secondary N) is 2. The van der Waals surface area contributed by atoms with E-state index in [9.17, 15) is 4.79 Å². The van der Waals surface area contributed by atoms with Gasteiger partial charge in [0.25, 0.3) is 0 Å². The van der Waals surface area contributed by atoms with E-state index in [0.717, 1.165) is 18.8 Å². The van der Waals surface area contributed by atoms with Gasteiger partial charge in [0.2, 0.25) is 5.91 Å². The molecule has 1 aromatic heterocycles. The van der Waals surface area contributed by atoms with Crippen molar-refractivity contribution in [1.29, 1.82) is 0 Å². The summed E-state index contributed by atoms with van der Waals surface area (Å²) < 4.78 is 5.51. The van der Waals surface area contributed by atoms with Gasteiger partial charge in [-0.2, -0.15) is 0 Å². The Hall–Kier alpha value is -0.980. The van der Waals surface area contributed by atoms with Crippen LogP contribution in [0.2, 0.25) is 0 Å². The largest absolute Gasteiger partial charge is 0.375 e. The third-order valence-electron chi connectivity index (χ3n) is 2.94. The Kier molecular flexibility index (Phi) is 4.54. The van der Waals surface area contributed by atoms with Crippen molar-refractivity contribution in [2.75, 3.05) is 25.0 Å². The van der Waals surface area contributed by atoms with Gasteiger partial charge in [-0.15, -0.1) is 11.3 Å². The predicted molar refractivity (Wildman–Crippen MR) is 76.7 cm³/mol. The molecule has 1 aliphatic heterocycles. The Bertz CT molecular complexity index is 433. The number of anilines is 1. The molecular formula is C13H21N3O2S. The molecule has 1 aliphatic rings. The number of morpholine rings is 1. The van der Waals surface area contributed by atoms with E-state index < -0.39 is 0 Å². The molecule has 0 saturated carbocycles. The van der Waals surface area contributed by atoms with E-state index in [1.54, 1.807) is 0 Å². The van der Waals surface area contributed by atoms with Crippen molar-refractivity contribution in [2.24, 2.45) is 0 Å². The fraction of sp³-hybridized carbons (Fsp3) is 0.692. The van der Waals surface area contributed by atoms with Crippen molar-refractivity contribution >= 4 is 22.4 Å². The average molecular weight is 283 g/mol. The van der Waals surface area contributed by atoms with Crippen LogP contribution in [0.1, 0.15) is 32.9 Å². The van der Waals surface area contributed by atoms with Gasteiger partial charge in [-0.3, -0.25) is 4.79 Å². The summed E-state index contributed by atoms with van der Waals surface area (Å²) in [5.74, 6) is -0.0384. The average Bonchev–Trinajstić information content (AvgIpc) is 2.78. The molecule has 2 N–H and O–H groups in total. The van der Waals surface area contributed by atoms with Crippen LogP contribution in [0.25, 0.3) is 0 Å². The van der Waals surface area contributed by atoms with Gasteiger partial charge < -0.3 is 15.4 Å². The summed E-state index contributed by atoms with van der Waals surface area (Å²) in [6.07, 6.45) is 0.341. The Balaban J connectivity index is 1.86. The quantitative estimate of drug-likeness (QED) is 0.887. The topological polar surface area (TPSA) is 63.2 Å². The Morgan fingerprint density at radius 3 is 3.00 bits per heavy atom. The van der Waals surface area contributed by atoms with E-state index in [1.807, 2.05) is 5.38 Å². The summed E-state index contributed by atoms with van der Waals surface area (Å²) in [4.78, 5) is 16.3. The maximum Gasteiger partial charge on any atom is 0.228 e. The van der Waals surface area contributed by atoms with Gasteiger partial charge in [-0.05, 0) is 0 Å². The highest BCUT2D eigenvalue weighted by atomic mass is 32.1. The Labute approximate surface area is 117 Å². The smallest absolute Gasteiger partial charge is 0.228 e. The van der Waals surface area contributed by atoms with E-state index in [0.29, 0.717) is 18.2 Å². The first-order valence-electron chi connectivity index (χ1n) is 6.53. The second-order valence-corrected chi connectivity index (χ2v) is 6.60. The number of carbonyl (C=O) groups excluding carboxylic acids is 1. The van der Waals surface area contributed by atoms with Crippen LogP contribution in [0.5, 0.6) is 0 Å². The Morgan fingerprint density at radius 2 is 2.42 bits per heavy atom. The number of hydrogen-bond donors (Lipinski definition) is 2. The van der Waals surface area contributed by atoms with Crippen LogP contribution >= 0.6 is 11.3 Å². The molecule has 1 amide bonds. The van der Waals surface area contributed by atoms with Crippen molar-refractivity contribution in [3.8, 4) is 0 Å². The zero-order valence-corrected chi connectivity index (χ0v) is 12.5. The highest BCUT2D eigenvalue weighted by Crippen LogP contribution is 2.26. The first kappa shape index (κ1) is 14.4. The summed E-state index contributed by atoms with van der Waals surface area (Å²) in [5.41, 5.74) is 1.01. The summed E-state index contributed by atoms with van der Waals surface area (Å²) in [7, 11) is 0. The standard InChI is InChI=1S/C13H21N3O2S/c1-13(2,3)10-8-19-12(15-10)16-11(17)6-9-7-14-4-5-18-9/h8-9,14H,4-7H2,1-3H3,(H,15,16,17). The lowest BCUT2D eigenvalue weighted by atomic mass is 9.93. The molecule has 0 radical (unpaired) electrons. The highest BCUT2D eigenvalue weighted by molar-refractivity contribution is 7.13. The molecular weight excluding hydrogens is 262 g/mol. The van der Waals surface area contributed by atoms with E-state index >= 15 is 0 Å². The molecule has 0 spiro atoms. The molecule has 0 aromatic carbocycles. The monoisotopic (exact) mass is 283 g/mol. The second kappa shape index (κ2) is 5.98. The van der Waals surface area contributed by atoms with Crippen molar-refractivity contribution in [1.82, 2.24) is 10.3 Å². The fourth-order valence-electron chi connectivity index (χ4n) is 1.80. The minimum Gasteiger partial charge on any atom is -0.375 e. The van der Waals surface area contributed by atoms with Crippen LogP contribution in [-0.2, 0) is 14.9 Å². The summed E-state index contributed by atoms with van der Waals surface area (Å²) in [5, 5.41) is 8.71. The first-order valence-corrected chi connectivity index (χ1v) is 7.41. The fourth-order valence-corrected chi connectivity index (χ4v) is 2.76. The number of nitrogens with zero attached hydrogens (tertiary/aromatic N) is 1. The van der Waals surface area contributed by atoms with Crippen LogP contribution in [0.15, 0.2) is 5.38 Å². The molecule has 19 heavy (non-hydrogen) atoms. The maximum absolute atomic E-state index is 11.9. The number of carbonyl (C=O) groups is 1. The van der Waals surface area contributed by atoms with Crippen LogP contribution in [0, 0.1) is 0 Å². The zero-order valence-electron chi connectivity index (χ0n) is 11.7. The van der Waals surface area contributed by atoms with Crippen LogP contribution in [-0.4, -0.2) is 36.7 Å². The summed E-state index contributed by atoms with van der Waals surface area (Å²) in [6.45, 7) is 8.58. The van der Waals surface area contributed by atoms with E-state index in [-0.39, 0.29) is 17.4 Å². The Morgan fingerprint density at radius 1 is 1.63 bits per heavy atom. The molecule has 1 atom stereocenters. The lowest BCUT2D eigenvalue weighted by Gasteiger charge is -2.22. The molecule has 2 rings (SSSR count). The van der Waals surface area contributed by atoms with Gasteiger partial charge in [0.15, 0.2) is 5.13 Å². The molecule has 5 nitrogen and oxygen atoms in total. The maximum atomic E-state index is 11.9. The van der Waals surface area contributed by atoms with Crippen LogP contribution < -0.4 is 10.6 Å². The van der Waals surface area contributed by atoms with Gasteiger partial charge in [0.1, 0.15) is 0 Å². The SMILES string of the molecule is CC(C)(C)c1csc(NC(=O)CC2CNCCO2)n1. The number of aromatic nitrogens is 1. The number of amides is 1. The predicted octanol–water partition coefficient (Wildman–Crippen LogP) is 1.76. The lowest BCUT2D eigenvalue weighted by Crippen LogP contribution is -2.40. The van der Waals surface area contributed by atoms with Crippen molar-refractivity contribution in [2.45, 2.75) is 38.7 Å². The molecule has 0 bridgehead atoms. The molecule has 1 fully saturated rings. The van der Waals surface area contributed by atoms with Gasteiger partial charge in [0.05, 0.1) is 24.8 Å². The molecule has 1 unspecified atom stereocenters. The van der Waals surface area contributed by atoms with Crippen LogP contribution in [0.4, 0.5) is 5.13 Å². The number of rotatable bonds is 3. The van der Waals surface area contributed by atoms with Crippen LogP contribution in [0.3, 0.4) is 0 Å². The van der Waals surface area contributed by atoms with Gasteiger partial charge in [-0.25, -0.2) is 4.98 Å². The zero-order chi connectivity index (χ0) is 13.9. The highest BCUT2D eigenvalue weighted by Gasteiger charge is 2.20. The van der Waals surface area contributed by atoms with E-state index in [4.69, 9.17) is 4.74 Å². The molecule has 2 heterocycles. The molecule has 106 valence electrons. The minimum atomic E-state index is -0.0384. The third kappa shape index (κ3) is 4.26. The normalized spacial score (nSPS) is 20.3. The minimum absolute atomic E-state index is 0.00980. The van der Waals surface area contributed by atoms with Gasteiger partial charge >= 0.3 is 0 Å².